The molecule has 0 fully saturated rings. The van der Waals surface area contributed by atoms with E-state index in [4.69, 9.17) is 15.2 Å². The zero-order valence-electron chi connectivity index (χ0n) is 11.4. The molecule has 3 nitrogen and oxygen atoms in total. The first-order valence-corrected chi connectivity index (χ1v) is 6.47. The number of benzene rings is 2. The molecule has 0 aliphatic carbocycles. The van der Waals surface area contributed by atoms with Gasteiger partial charge in [0.05, 0.1) is 13.7 Å². The largest absolute Gasteiger partial charge is 0.497 e. The molecule has 0 heterocycles. The topological polar surface area (TPSA) is 44.5 Å². The van der Waals surface area contributed by atoms with Crippen molar-refractivity contribution in [1.82, 2.24) is 0 Å². The summed E-state index contributed by atoms with van der Waals surface area (Å²) in [6.07, 6.45) is 0.741. The molecule has 0 aromatic heterocycles. The van der Waals surface area contributed by atoms with Gasteiger partial charge in [-0.1, -0.05) is 18.2 Å². The third kappa shape index (κ3) is 3.48. The summed E-state index contributed by atoms with van der Waals surface area (Å²) >= 11 is 0. The van der Waals surface area contributed by atoms with Gasteiger partial charge in [0.1, 0.15) is 17.3 Å². The Morgan fingerprint density at radius 2 is 1.85 bits per heavy atom. The molecule has 4 heteroatoms. The third-order valence-corrected chi connectivity index (χ3v) is 3.09. The van der Waals surface area contributed by atoms with Crippen molar-refractivity contribution >= 4 is 0 Å². The van der Waals surface area contributed by atoms with Gasteiger partial charge in [0, 0.05) is 18.5 Å². The van der Waals surface area contributed by atoms with Gasteiger partial charge >= 0.3 is 0 Å². The van der Waals surface area contributed by atoms with Crippen LogP contribution in [0.15, 0.2) is 42.5 Å². The predicted octanol–water partition coefficient (Wildman–Crippen LogP) is 2.91. The van der Waals surface area contributed by atoms with Crippen LogP contribution in [0.25, 0.3) is 0 Å². The molecular formula is C16H18FNO2. The molecule has 2 N–H and O–H groups in total. The number of hydrogen-bond acceptors (Lipinski definition) is 3. The maximum atomic E-state index is 13.5. The Bertz CT molecular complexity index is 555. The molecule has 0 bridgehead atoms. The van der Waals surface area contributed by atoms with Crippen molar-refractivity contribution in [2.45, 2.75) is 13.0 Å². The number of ether oxygens (including phenoxy) is 2. The molecular weight excluding hydrogens is 257 g/mol. The van der Waals surface area contributed by atoms with Gasteiger partial charge in [0.15, 0.2) is 0 Å². The quantitative estimate of drug-likeness (QED) is 0.881. The predicted molar refractivity (Wildman–Crippen MR) is 76.5 cm³/mol. The molecule has 0 radical (unpaired) electrons. The standard InChI is InChI=1S/C16H18FNO2/c1-19-13-7-5-12(6-8-13)9-10-20-16-4-2-3-15(17)14(16)11-18/h2-8H,9-11,18H2,1H3. The minimum absolute atomic E-state index is 0.130. The van der Waals surface area contributed by atoms with Crippen molar-refractivity contribution < 1.29 is 13.9 Å². The van der Waals surface area contributed by atoms with Crippen molar-refractivity contribution in [3.63, 3.8) is 0 Å². The van der Waals surface area contributed by atoms with Crippen molar-refractivity contribution in [3.8, 4) is 11.5 Å². The van der Waals surface area contributed by atoms with Gasteiger partial charge in [-0.3, -0.25) is 0 Å². The summed E-state index contributed by atoms with van der Waals surface area (Å²) in [5.41, 5.74) is 7.09. The SMILES string of the molecule is COc1ccc(CCOc2cccc(F)c2CN)cc1. The smallest absolute Gasteiger partial charge is 0.131 e. The lowest BCUT2D eigenvalue weighted by molar-refractivity contribution is 0.316. The van der Waals surface area contributed by atoms with E-state index in [2.05, 4.69) is 0 Å². The average Bonchev–Trinajstić information content (AvgIpc) is 2.48. The highest BCUT2D eigenvalue weighted by Crippen LogP contribution is 2.21. The fraction of sp³-hybridized carbons (Fsp3) is 0.250. The van der Waals surface area contributed by atoms with Crippen LogP contribution in [0, 0.1) is 5.82 Å². The van der Waals surface area contributed by atoms with Gasteiger partial charge in [-0.05, 0) is 29.8 Å². The summed E-state index contributed by atoms with van der Waals surface area (Å²) in [5, 5.41) is 0. The van der Waals surface area contributed by atoms with Crippen molar-refractivity contribution in [3.05, 3.63) is 59.4 Å². The van der Waals surface area contributed by atoms with E-state index in [0.29, 0.717) is 17.9 Å². The van der Waals surface area contributed by atoms with E-state index in [0.717, 1.165) is 17.7 Å². The Labute approximate surface area is 118 Å². The van der Waals surface area contributed by atoms with Crippen LogP contribution in [-0.2, 0) is 13.0 Å². The van der Waals surface area contributed by atoms with E-state index in [-0.39, 0.29) is 12.4 Å². The second kappa shape index (κ2) is 6.91. The molecule has 2 rings (SSSR count). The first kappa shape index (κ1) is 14.3. The first-order valence-electron chi connectivity index (χ1n) is 6.47. The van der Waals surface area contributed by atoms with Crippen LogP contribution in [0.1, 0.15) is 11.1 Å². The molecule has 0 aliphatic heterocycles. The molecule has 0 saturated heterocycles. The van der Waals surface area contributed by atoms with Crippen LogP contribution in [-0.4, -0.2) is 13.7 Å². The van der Waals surface area contributed by atoms with Gasteiger partial charge in [-0.2, -0.15) is 0 Å². The van der Waals surface area contributed by atoms with Gasteiger partial charge in [0.2, 0.25) is 0 Å². The lowest BCUT2D eigenvalue weighted by Gasteiger charge is -2.11. The molecule has 0 saturated carbocycles. The number of hydrogen-bond donors (Lipinski definition) is 1. The van der Waals surface area contributed by atoms with Crippen LogP contribution < -0.4 is 15.2 Å². The molecule has 2 aromatic carbocycles. The highest BCUT2D eigenvalue weighted by Gasteiger charge is 2.07. The number of nitrogens with two attached hydrogens (primary N) is 1. The first-order chi connectivity index (χ1) is 9.74. The summed E-state index contributed by atoms with van der Waals surface area (Å²) in [6, 6.07) is 12.5. The zero-order valence-corrected chi connectivity index (χ0v) is 11.4. The van der Waals surface area contributed by atoms with Crippen LogP contribution in [0.5, 0.6) is 11.5 Å². The summed E-state index contributed by atoms with van der Waals surface area (Å²) in [7, 11) is 1.64. The Kier molecular flexibility index (Phi) is 4.96. The van der Waals surface area contributed by atoms with Crippen molar-refractivity contribution in [2.75, 3.05) is 13.7 Å². The van der Waals surface area contributed by atoms with Crippen molar-refractivity contribution in [2.24, 2.45) is 5.73 Å². The number of rotatable bonds is 6. The van der Waals surface area contributed by atoms with E-state index in [1.165, 1.54) is 6.07 Å². The highest BCUT2D eigenvalue weighted by molar-refractivity contribution is 5.34. The third-order valence-electron chi connectivity index (χ3n) is 3.09. The molecule has 0 atom stereocenters. The summed E-state index contributed by atoms with van der Waals surface area (Å²) in [6.45, 7) is 0.604. The summed E-state index contributed by atoms with van der Waals surface area (Å²) in [5.74, 6) is 1.01. The normalized spacial score (nSPS) is 10.3. The van der Waals surface area contributed by atoms with Gasteiger partial charge in [0.25, 0.3) is 0 Å². The van der Waals surface area contributed by atoms with E-state index in [9.17, 15) is 4.39 Å². The zero-order chi connectivity index (χ0) is 14.4. The van der Waals surface area contributed by atoms with Crippen LogP contribution in [0.4, 0.5) is 4.39 Å². The van der Waals surface area contributed by atoms with Crippen molar-refractivity contribution in [1.29, 1.82) is 0 Å². The summed E-state index contributed by atoms with van der Waals surface area (Å²) in [4.78, 5) is 0. The van der Waals surface area contributed by atoms with Crippen LogP contribution >= 0.6 is 0 Å². The summed E-state index contributed by atoms with van der Waals surface area (Å²) < 4.78 is 24.2. The molecule has 0 aliphatic rings. The molecule has 0 unspecified atom stereocenters. The van der Waals surface area contributed by atoms with Crippen LogP contribution in [0.2, 0.25) is 0 Å². The lowest BCUT2D eigenvalue weighted by atomic mass is 10.1. The van der Waals surface area contributed by atoms with Gasteiger partial charge < -0.3 is 15.2 Å². The Morgan fingerprint density at radius 1 is 1.10 bits per heavy atom. The van der Waals surface area contributed by atoms with E-state index in [1.54, 1.807) is 19.2 Å². The van der Waals surface area contributed by atoms with Gasteiger partial charge in [-0.25, -0.2) is 4.39 Å². The molecule has 2 aromatic rings. The minimum atomic E-state index is -0.325. The lowest BCUT2D eigenvalue weighted by Crippen LogP contribution is -2.07. The highest BCUT2D eigenvalue weighted by atomic mass is 19.1. The number of methoxy groups -OCH3 is 1. The number of halogens is 1. The molecule has 0 spiro atoms. The van der Waals surface area contributed by atoms with E-state index < -0.39 is 0 Å². The molecule has 106 valence electrons. The molecule has 0 amide bonds. The fourth-order valence-electron chi connectivity index (χ4n) is 1.94. The second-order valence-electron chi connectivity index (χ2n) is 4.37. The monoisotopic (exact) mass is 275 g/mol. The minimum Gasteiger partial charge on any atom is -0.497 e. The average molecular weight is 275 g/mol. The molecule has 20 heavy (non-hydrogen) atoms. The fourth-order valence-corrected chi connectivity index (χ4v) is 1.94. The van der Waals surface area contributed by atoms with Gasteiger partial charge in [-0.15, -0.1) is 0 Å². The van der Waals surface area contributed by atoms with E-state index >= 15 is 0 Å². The maximum Gasteiger partial charge on any atom is 0.131 e. The Balaban J connectivity index is 1.94. The van der Waals surface area contributed by atoms with E-state index in [1.807, 2.05) is 24.3 Å². The Morgan fingerprint density at radius 3 is 2.50 bits per heavy atom. The van der Waals surface area contributed by atoms with Crippen LogP contribution in [0.3, 0.4) is 0 Å². The Hall–Kier alpha value is -2.07. The maximum absolute atomic E-state index is 13.5. The second-order valence-corrected chi connectivity index (χ2v) is 4.37.